The Labute approximate surface area is 186 Å². The molecule has 1 aromatic rings. The lowest BCUT2D eigenvalue weighted by molar-refractivity contribution is -0.130. The molecule has 1 aliphatic rings. The van der Waals surface area contributed by atoms with Gasteiger partial charge in [0.15, 0.2) is 5.96 Å². The van der Waals surface area contributed by atoms with Crippen molar-refractivity contribution in [1.82, 2.24) is 15.1 Å². The van der Waals surface area contributed by atoms with E-state index in [0.29, 0.717) is 6.61 Å². The minimum Gasteiger partial charge on any atom is -0.493 e. The van der Waals surface area contributed by atoms with E-state index in [0.717, 1.165) is 57.4 Å². The first-order chi connectivity index (χ1) is 12.9. The number of carbonyl (C=O) groups is 1. The second-order valence-electron chi connectivity index (χ2n) is 7.14. The molecule has 1 fully saturated rings. The van der Waals surface area contributed by atoms with Gasteiger partial charge in [0, 0.05) is 52.6 Å². The predicted octanol–water partition coefficient (Wildman–Crippen LogP) is 3.13. The predicted molar refractivity (Wildman–Crippen MR) is 126 cm³/mol. The van der Waals surface area contributed by atoms with Crippen molar-refractivity contribution >= 4 is 35.8 Å². The van der Waals surface area contributed by atoms with Crippen molar-refractivity contribution in [2.75, 3.05) is 45.9 Å². The number of carbonyl (C=O) groups excluding carboxylic acids is 1. The summed E-state index contributed by atoms with van der Waals surface area (Å²) in [6.45, 7) is 15.4. The van der Waals surface area contributed by atoms with Gasteiger partial charge in [0.1, 0.15) is 5.75 Å². The van der Waals surface area contributed by atoms with Gasteiger partial charge in [-0.3, -0.25) is 9.79 Å². The molecule has 0 spiro atoms. The van der Waals surface area contributed by atoms with Crippen LogP contribution in [0.15, 0.2) is 17.1 Å². The lowest BCUT2D eigenvalue weighted by Crippen LogP contribution is -2.53. The van der Waals surface area contributed by atoms with Crippen LogP contribution in [-0.2, 0) is 4.79 Å². The topological polar surface area (TPSA) is 57.2 Å². The molecule has 1 heterocycles. The maximum Gasteiger partial charge on any atom is 0.219 e. The van der Waals surface area contributed by atoms with E-state index < -0.39 is 0 Å². The van der Waals surface area contributed by atoms with Crippen LogP contribution in [0, 0.1) is 20.8 Å². The number of piperazine rings is 1. The summed E-state index contributed by atoms with van der Waals surface area (Å²) in [5.74, 6) is 2.06. The molecule has 1 aliphatic heterocycles. The van der Waals surface area contributed by atoms with Crippen LogP contribution < -0.4 is 10.1 Å². The Balaban J connectivity index is 0.00000392. The largest absolute Gasteiger partial charge is 0.493 e. The number of rotatable bonds is 6. The van der Waals surface area contributed by atoms with Crippen LogP contribution in [0.4, 0.5) is 0 Å². The van der Waals surface area contributed by atoms with Crippen LogP contribution in [0.3, 0.4) is 0 Å². The maximum absolute atomic E-state index is 11.5. The highest BCUT2D eigenvalue weighted by molar-refractivity contribution is 14.0. The fourth-order valence-corrected chi connectivity index (χ4v) is 3.24. The molecule has 6 nitrogen and oxygen atoms in total. The molecule has 7 heteroatoms. The Morgan fingerprint density at radius 3 is 2.39 bits per heavy atom. The van der Waals surface area contributed by atoms with E-state index in [2.05, 4.69) is 50.0 Å². The van der Waals surface area contributed by atoms with Gasteiger partial charge >= 0.3 is 0 Å². The number of guanidine groups is 1. The van der Waals surface area contributed by atoms with Crippen molar-refractivity contribution < 1.29 is 9.53 Å². The molecule has 0 aromatic heterocycles. The highest BCUT2D eigenvalue weighted by Crippen LogP contribution is 2.23. The maximum atomic E-state index is 11.5. The van der Waals surface area contributed by atoms with E-state index in [1.807, 2.05) is 4.90 Å². The number of hydrogen-bond acceptors (Lipinski definition) is 3. The zero-order valence-electron chi connectivity index (χ0n) is 17.9. The van der Waals surface area contributed by atoms with E-state index in [4.69, 9.17) is 9.73 Å². The van der Waals surface area contributed by atoms with E-state index >= 15 is 0 Å². The fourth-order valence-electron chi connectivity index (χ4n) is 3.24. The number of amides is 1. The van der Waals surface area contributed by atoms with Gasteiger partial charge in [-0.2, -0.15) is 0 Å². The monoisotopic (exact) mass is 502 g/mol. The highest BCUT2D eigenvalue weighted by Gasteiger charge is 2.20. The average molecular weight is 502 g/mol. The van der Waals surface area contributed by atoms with Crippen molar-refractivity contribution in [1.29, 1.82) is 0 Å². The Bertz CT molecular complexity index is 671. The summed E-state index contributed by atoms with van der Waals surface area (Å²) in [5, 5.41) is 3.36. The van der Waals surface area contributed by atoms with Crippen LogP contribution in [0.25, 0.3) is 0 Å². The van der Waals surface area contributed by atoms with Crippen LogP contribution >= 0.6 is 24.0 Å². The molecule has 158 valence electrons. The number of nitrogens with one attached hydrogen (secondary N) is 1. The summed E-state index contributed by atoms with van der Waals surface area (Å²) in [5.41, 5.74) is 3.70. The minimum absolute atomic E-state index is 0. The number of halogens is 1. The molecular weight excluding hydrogens is 467 g/mol. The summed E-state index contributed by atoms with van der Waals surface area (Å²) in [6, 6.07) is 4.28. The Kier molecular flexibility index (Phi) is 10.6. The molecule has 0 unspecified atom stereocenters. The lowest BCUT2D eigenvalue weighted by Gasteiger charge is -2.36. The molecule has 0 atom stereocenters. The molecule has 1 saturated heterocycles. The standard InChI is InChI=1S/C21H34N4O2.HI/c1-6-22-21(25-11-9-24(10-12-25)19(5)26)23-8-7-13-27-20-15-16(2)14-17(3)18(20)4;/h14-15H,6-13H2,1-5H3,(H,22,23);1H. The molecule has 1 N–H and O–H groups in total. The van der Waals surface area contributed by atoms with Crippen molar-refractivity contribution in [3.63, 3.8) is 0 Å². The zero-order chi connectivity index (χ0) is 19.8. The molecule has 0 saturated carbocycles. The normalized spacial score (nSPS) is 14.5. The van der Waals surface area contributed by atoms with Gasteiger partial charge in [-0.25, -0.2) is 0 Å². The van der Waals surface area contributed by atoms with Gasteiger partial charge in [0.25, 0.3) is 0 Å². The van der Waals surface area contributed by atoms with Crippen LogP contribution in [0.2, 0.25) is 0 Å². The Morgan fingerprint density at radius 1 is 1.14 bits per heavy atom. The Hall–Kier alpha value is -1.51. The van der Waals surface area contributed by atoms with Gasteiger partial charge in [-0.1, -0.05) is 6.07 Å². The molecule has 0 radical (unpaired) electrons. The molecule has 0 bridgehead atoms. The van der Waals surface area contributed by atoms with Gasteiger partial charge < -0.3 is 19.9 Å². The summed E-state index contributed by atoms with van der Waals surface area (Å²) in [7, 11) is 0. The van der Waals surface area contributed by atoms with E-state index in [1.54, 1.807) is 6.92 Å². The molecule has 0 aliphatic carbocycles. The van der Waals surface area contributed by atoms with Gasteiger partial charge in [0.05, 0.1) is 6.61 Å². The SMILES string of the molecule is CCNC(=NCCCOc1cc(C)cc(C)c1C)N1CCN(C(C)=O)CC1.I. The smallest absolute Gasteiger partial charge is 0.219 e. The first-order valence-electron chi connectivity index (χ1n) is 9.91. The molecule has 1 aromatic carbocycles. The van der Waals surface area contributed by atoms with Crippen molar-refractivity contribution in [2.45, 2.75) is 41.0 Å². The van der Waals surface area contributed by atoms with Crippen LogP contribution in [0.1, 0.15) is 37.0 Å². The second kappa shape index (κ2) is 12.1. The average Bonchev–Trinajstić information content (AvgIpc) is 2.64. The van der Waals surface area contributed by atoms with Gasteiger partial charge in [0.2, 0.25) is 5.91 Å². The number of aliphatic imine (C=N–C) groups is 1. The van der Waals surface area contributed by atoms with Gasteiger partial charge in [-0.05, 0) is 50.5 Å². The molecule has 1 amide bonds. The van der Waals surface area contributed by atoms with Gasteiger partial charge in [-0.15, -0.1) is 24.0 Å². The first kappa shape index (κ1) is 24.5. The summed E-state index contributed by atoms with van der Waals surface area (Å²) < 4.78 is 5.98. The molecule has 28 heavy (non-hydrogen) atoms. The second-order valence-corrected chi connectivity index (χ2v) is 7.14. The quantitative estimate of drug-likeness (QED) is 0.281. The number of hydrogen-bond donors (Lipinski definition) is 1. The summed E-state index contributed by atoms with van der Waals surface area (Å²) in [6.07, 6.45) is 0.870. The number of aryl methyl sites for hydroxylation is 2. The molecular formula is C21H35IN4O2. The number of ether oxygens (including phenoxy) is 1. The third-order valence-corrected chi connectivity index (χ3v) is 4.95. The van der Waals surface area contributed by atoms with E-state index in [9.17, 15) is 4.79 Å². The third-order valence-electron chi connectivity index (χ3n) is 4.95. The molecule has 2 rings (SSSR count). The van der Waals surface area contributed by atoms with Crippen molar-refractivity contribution in [3.8, 4) is 5.75 Å². The fraction of sp³-hybridized carbons (Fsp3) is 0.619. The van der Waals surface area contributed by atoms with Crippen LogP contribution in [0.5, 0.6) is 5.75 Å². The summed E-state index contributed by atoms with van der Waals surface area (Å²) >= 11 is 0. The van der Waals surface area contributed by atoms with Crippen molar-refractivity contribution in [2.24, 2.45) is 4.99 Å². The minimum atomic E-state index is 0. The first-order valence-corrected chi connectivity index (χ1v) is 9.91. The summed E-state index contributed by atoms with van der Waals surface area (Å²) in [4.78, 5) is 20.3. The van der Waals surface area contributed by atoms with E-state index in [1.165, 1.54) is 16.7 Å². The third kappa shape index (κ3) is 7.14. The van der Waals surface area contributed by atoms with Crippen molar-refractivity contribution in [3.05, 3.63) is 28.8 Å². The number of benzene rings is 1. The zero-order valence-corrected chi connectivity index (χ0v) is 20.2. The Morgan fingerprint density at radius 2 is 1.79 bits per heavy atom. The van der Waals surface area contributed by atoms with Crippen LogP contribution in [-0.4, -0.2) is 67.5 Å². The lowest BCUT2D eigenvalue weighted by atomic mass is 10.1. The van der Waals surface area contributed by atoms with E-state index in [-0.39, 0.29) is 29.9 Å². The highest BCUT2D eigenvalue weighted by atomic mass is 127. The number of nitrogens with zero attached hydrogens (tertiary/aromatic N) is 3.